The van der Waals surface area contributed by atoms with Crippen LogP contribution in [0.4, 0.5) is 0 Å². The molecule has 1 saturated heterocycles. The summed E-state index contributed by atoms with van der Waals surface area (Å²) < 4.78 is 26.9. The van der Waals surface area contributed by atoms with Gasteiger partial charge in [0.15, 0.2) is 0 Å². The quantitative estimate of drug-likeness (QED) is 0.542. The van der Waals surface area contributed by atoms with Crippen LogP contribution in [0, 0.1) is 0 Å². The zero-order chi connectivity index (χ0) is 20.3. The fourth-order valence-corrected chi connectivity index (χ4v) is 5.03. The Hall–Kier alpha value is -1.64. The molecular weight excluding hydrogens is 445 g/mol. The van der Waals surface area contributed by atoms with Gasteiger partial charge in [-0.05, 0) is 43.2 Å². The number of amides is 1. The Morgan fingerprint density at radius 1 is 1.14 bits per heavy atom. The van der Waals surface area contributed by atoms with Crippen molar-refractivity contribution in [3.05, 3.63) is 63.1 Å². The fourth-order valence-electron chi connectivity index (χ4n) is 2.89. The van der Waals surface area contributed by atoms with Gasteiger partial charge in [0.05, 0.1) is 21.2 Å². The Morgan fingerprint density at radius 3 is 2.57 bits per heavy atom. The molecule has 0 aliphatic carbocycles. The summed E-state index contributed by atoms with van der Waals surface area (Å²) >= 11 is 17.8. The Labute approximate surface area is 178 Å². The van der Waals surface area contributed by atoms with E-state index in [4.69, 9.17) is 34.8 Å². The fraction of sp³-hybridized carbons (Fsp3) is 0.222. The standard InChI is InChI=1S/C18H16Cl3N3O3S/c19-13-6-8-14(9-7-13)28(26,27)24-10-2-5-16(24)18(25)23-22-11-12-3-1-4-15(20)17(12)21/h1,3-4,6-9,11,16H,2,5,10H2,(H,23,25)/b22-11-/t16-/m0/s1. The van der Waals surface area contributed by atoms with Crippen LogP contribution >= 0.6 is 34.8 Å². The summed E-state index contributed by atoms with van der Waals surface area (Å²) in [6.07, 6.45) is 2.35. The molecule has 0 bridgehead atoms. The van der Waals surface area contributed by atoms with Gasteiger partial charge in [-0.3, -0.25) is 4.79 Å². The maximum absolute atomic E-state index is 12.9. The molecule has 3 rings (SSSR count). The number of hydrogen-bond acceptors (Lipinski definition) is 4. The number of sulfonamides is 1. The van der Waals surface area contributed by atoms with E-state index in [1.165, 1.54) is 34.8 Å². The first-order chi connectivity index (χ1) is 13.3. The van der Waals surface area contributed by atoms with Crippen molar-refractivity contribution in [1.29, 1.82) is 0 Å². The zero-order valence-electron chi connectivity index (χ0n) is 14.5. The normalized spacial score (nSPS) is 17.9. The van der Waals surface area contributed by atoms with E-state index in [0.717, 1.165) is 0 Å². The van der Waals surface area contributed by atoms with Crippen LogP contribution in [0.25, 0.3) is 0 Å². The summed E-state index contributed by atoms with van der Waals surface area (Å²) in [5, 5.41) is 5.00. The summed E-state index contributed by atoms with van der Waals surface area (Å²) in [6, 6.07) is 10.0. The number of halogens is 3. The number of nitrogens with zero attached hydrogens (tertiary/aromatic N) is 2. The highest BCUT2D eigenvalue weighted by Gasteiger charge is 2.39. The average Bonchev–Trinajstić information content (AvgIpc) is 3.16. The first-order valence-corrected chi connectivity index (χ1v) is 10.9. The highest BCUT2D eigenvalue weighted by Crippen LogP contribution is 2.27. The molecule has 0 saturated carbocycles. The van der Waals surface area contributed by atoms with Gasteiger partial charge in [-0.25, -0.2) is 13.8 Å². The van der Waals surface area contributed by atoms with Crippen LogP contribution in [0.2, 0.25) is 15.1 Å². The van der Waals surface area contributed by atoms with E-state index >= 15 is 0 Å². The van der Waals surface area contributed by atoms with Crippen molar-refractivity contribution in [2.24, 2.45) is 5.10 Å². The van der Waals surface area contributed by atoms with Gasteiger partial charge in [0.2, 0.25) is 10.0 Å². The Morgan fingerprint density at radius 2 is 1.86 bits per heavy atom. The Balaban J connectivity index is 1.73. The lowest BCUT2D eigenvalue weighted by Crippen LogP contribution is -2.44. The van der Waals surface area contributed by atoms with Crippen LogP contribution < -0.4 is 5.43 Å². The van der Waals surface area contributed by atoms with Crippen molar-refractivity contribution in [2.75, 3.05) is 6.54 Å². The van der Waals surface area contributed by atoms with Gasteiger partial charge >= 0.3 is 0 Å². The lowest BCUT2D eigenvalue weighted by atomic mass is 10.2. The highest BCUT2D eigenvalue weighted by atomic mass is 35.5. The first kappa shape index (κ1) is 21.1. The second-order valence-corrected chi connectivity index (χ2v) is 9.22. The number of carbonyl (C=O) groups is 1. The summed E-state index contributed by atoms with van der Waals surface area (Å²) in [5.74, 6) is -0.510. The Bertz CT molecular complexity index is 1010. The van der Waals surface area contributed by atoms with Crippen molar-refractivity contribution < 1.29 is 13.2 Å². The molecule has 0 aromatic heterocycles. The van der Waals surface area contributed by atoms with Gasteiger partial charge in [0.1, 0.15) is 6.04 Å². The number of benzene rings is 2. The summed E-state index contributed by atoms with van der Waals surface area (Å²) in [7, 11) is -3.82. The monoisotopic (exact) mass is 459 g/mol. The third-order valence-electron chi connectivity index (χ3n) is 4.29. The SMILES string of the molecule is O=C(N/N=C\c1cccc(Cl)c1Cl)[C@@H]1CCCN1S(=O)(=O)c1ccc(Cl)cc1. The molecule has 28 heavy (non-hydrogen) atoms. The number of carbonyl (C=O) groups excluding carboxylic acids is 1. The van der Waals surface area contributed by atoms with E-state index in [2.05, 4.69) is 10.5 Å². The molecule has 0 spiro atoms. The number of hydrazone groups is 1. The molecule has 10 heteroatoms. The van der Waals surface area contributed by atoms with Gasteiger partial charge < -0.3 is 0 Å². The Kier molecular flexibility index (Phi) is 6.62. The van der Waals surface area contributed by atoms with Gasteiger partial charge in [0.25, 0.3) is 5.91 Å². The lowest BCUT2D eigenvalue weighted by Gasteiger charge is -2.22. The number of rotatable bonds is 5. The van der Waals surface area contributed by atoms with Crippen molar-refractivity contribution in [3.8, 4) is 0 Å². The smallest absolute Gasteiger partial charge is 0.258 e. The highest BCUT2D eigenvalue weighted by molar-refractivity contribution is 7.89. The van der Waals surface area contributed by atoms with Crippen LogP contribution in [0.1, 0.15) is 18.4 Å². The van der Waals surface area contributed by atoms with Crippen LogP contribution in [0.5, 0.6) is 0 Å². The third kappa shape index (κ3) is 4.50. The molecule has 1 heterocycles. The van der Waals surface area contributed by atoms with Crippen LogP contribution in [-0.2, 0) is 14.8 Å². The topological polar surface area (TPSA) is 78.8 Å². The van der Waals surface area contributed by atoms with Gasteiger partial charge in [-0.15, -0.1) is 0 Å². The molecule has 1 fully saturated rings. The lowest BCUT2D eigenvalue weighted by molar-refractivity contribution is -0.124. The van der Waals surface area contributed by atoms with E-state index < -0.39 is 22.0 Å². The molecule has 148 valence electrons. The van der Waals surface area contributed by atoms with Gasteiger partial charge in [-0.2, -0.15) is 9.41 Å². The van der Waals surface area contributed by atoms with Crippen LogP contribution in [0.3, 0.4) is 0 Å². The number of nitrogens with one attached hydrogen (secondary N) is 1. The maximum atomic E-state index is 12.9. The van der Waals surface area contributed by atoms with Crippen molar-refractivity contribution in [2.45, 2.75) is 23.8 Å². The molecule has 2 aromatic rings. The second kappa shape index (κ2) is 8.80. The van der Waals surface area contributed by atoms with Crippen molar-refractivity contribution >= 4 is 56.9 Å². The molecule has 1 N–H and O–H groups in total. The summed E-state index contributed by atoms with van der Waals surface area (Å²) in [5.41, 5.74) is 2.92. The van der Waals surface area contributed by atoms with Crippen molar-refractivity contribution in [1.82, 2.24) is 9.73 Å². The molecule has 1 atom stereocenters. The van der Waals surface area contributed by atoms with E-state index in [9.17, 15) is 13.2 Å². The minimum absolute atomic E-state index is 0.0887. The van der Waals surface area contributed by atoms with Crippen LogP contribution in [-0.4, -0.2) is 37.4 Å². The molecular formula is C18H16Cl3N3O3S. The predicted octanol–water partition coefficient (Wildman–Crippen LogP) is 3.95. The van der Waals surface area contributed by atoms with Crippen molar-refractivity contribution in [3.63, 3.8) is 0 Å². The summed E-state index contributed by atoms with van der Waals surface area (Å²) in [4.78, 5) is 12.6. The molecule has 0 radical (unpaired) electrons. The molecule has 6 nitrogen and oxygen atoms in total. The first-order valence-electron chi connectivity index (χ1n) is 8.35. The summed E-state index contributed by atoms with van der Waals surface area (Å²) in [6.45, 7) is 0.257. The maximum Gasteiger partial charge on any atom is 0.258 e. The largest absolute Gasteiger partial charge is 0.271 e. The van der Waals surface area contributed by atoms with E-state index in [-0.39, 0.29) is 11.4 Å². The predicted molar refractivity (Wildman–Crippen MR) is 111 cm³/mol. The van der Waals surface area contributed by atoms with E-state index in [1.807, 2.05) is 0 Å². The minimum Gasteiger partial charge on any atom is -0.271 e. The molecule has 1 aliphatic rings. The molecule has 2 aromatic carbocycles. The van der Waals surface area contributed by atoms with Gasteiger partial charge in [0, 0.05) is 17.1 Å². The third-order valence-corrected chi connectivity index (χ3v) is 7.29. The van der Waals surface area contributed by atoms with Gasteiger partial charge in [-0.1, -0.05) is 46.9 Å². The average molecular weight is 461 g/mol. The second-order valence-electron chi connectivity index (χ2n) is 6.11. The van der Waals surface area contributed by atoms with E-state index in [1.54, 1.807) is 18.2 Å². The molecule has 1 amide bonds. The molecule has 0 unspecified atom stereocenters. The number of hydrogen-bond donors (Lipinski definition) is 1. The zero-order valence-corrected chi connectivity index (χ0v) is 17.6. The van der Waals surface area contributed by atoms with E-state index in [0.29, 0.717) is 33.5 Å². The van der Waals surface area contributed by atoms with Crippen LogP contribution in [0.15, 0.2) is 52.5 Å². The minimum atomic E-state index is -3.82. The molecule has 1 aliphatic heterocycles.